The molecular formula is C21H19BrN2O4. The van der Waals surface area contributed by atoms with Gasteiger partial charge in [0, 0.05) is 22.9 Å². The van der Waals surface area contributed by atoms with Gasteiger partial charge in [0.1, 0.15) is 11.5 Å². The second-order valence-electron chi connectivity index (χ2n) is 6.37. The number of amides is 1. The van der Waals surface area contributed by atoms with Gasteiger partial charge in [0.15, 0.2) is 5.78 Å². The fourth-order valence-electron chi connectivity index (χ4n) is 3.01. The second-order valence-corrected chi connectivity index (χ2v) is 7.29. The van der Waals surface area contributed by atoms with Gasteiger partial charge in [-0.1, -0.05) is 28.1 Å². The molecule has 0 aromatic heterocycles. The van der Waals surface area contributed by atoms with Crippen molar-refractivity contribution < 1.29 is 19.4 Å². The lowest BCUT2D eigenvalue weighted by atomic mass is 9.83. The number of halogens is 1. The number of ketones is 1. The van der Waals surface area contributed by atoms with Crippen LogP contribution in [-0.4, -0.2) is 30.1 Å². The van der Waals surface area contributed by atoms with Crippen molar-refractivity contribution in [2.45, 2.75) is 18.8 Å². The highest BCUT2D eigenvalue weighted by atomic mass is 79.9. The summed E-state index contributed by atoms with van der Waals surface area (Å²) >= 11 is 3.30. The van der Waals surface area contributed by atoms with E-state index in [1.165, 1.54) is 6.21 Å². The molecule has 1 aliphatic carbocycles. The summed E-state index contributed by atoms with van der Waals surface area (Å²) in [6.45, 7) is 0. The number of hydrogen-bond donors (Lipinski definition) is 2. The number of carbonyl (C=O) groups is 2. The molecule has 0 saturated carbocycles. The molecule has 28 heavy (non-hydrogen) atoms. The van der Waals surface area contributed by atoms with Crippen LogP contribution in [0, 0.1) is 0 Å². The van der Waals surface area contributed by atoms with Crippen molar-refractivity contribution in [3.8, 4) is 5.75 Å². The number of aliphatic hydroxyl groups excluding tert-OH is 1. The minimum absolute atomic E-state index is 0.0364. The zero-order valence-corrected chi connectivity index (χ0v) is 16.8. The maximum absolute atomic E-state index is 12.5. The number of benzene rings is 2. The Morgan fingerprint density at radius 2 is 2.00 bits per heavy atom. The third kappa shape index (κ3) is 4.67. The van der Waals surface area contributed by atoms with Crippen molar-refractivity contribution in [1.29, 1.82) is 0 Å². The highest BCUT2D eigenvalue weighted by Gasteiger charge is 2.28. The van der Waals surface area contributed by atoms with Gasteiger partial charge in [-0.05, 0) is 47.9 Å². The van der Waals surface area contributed by atoms with Crippen LogP contribution in [0.2, 0.25) is 0 Å². The van der Waals surface area contributed by atoms with Crippen molar-refractivity contribution in [1.82, 2.24) is 5.43 Å². The number of rotatable bonds is 5. The number of aliphatic hydroxyl groups is 1. The Bertz CT molecular complexity index is 951. The van der Waals surface area contributed by atoms with Gasteiger partial charge in [-0.2, -0.15) is 5.10 Å². The Labute approximate surface area is 171 Å². The van der Waals surface area contributed by atoms with Gasteiger partial charge < -0.3 is 9.84 Å². The number of nitrogens with one attached hydrogen (secondary N) is 1. The summed E-state index contributed by atoms with van der Waals surface area (Å²) in [5.74, 6) is -0.0844. The number of carbonyl (C=O) groups excluding carboxylic acids is 2. The molecule has 1 unspecified atom stereocenters. The highest BCUT2D eigenvalue weighted by molar-refractivity contribution is 9.10. The zero-order valence-electron chi connectivity index (χ0n) is 15.2. The first-order chi connectivity index (χ1) is 13.5. The van der Waals surface area contributed by atoms with Gasteiger partial charge in [-0.15, -0.1) is 0 Å². The molecule has 2 aromatic carbocycles. The summed E-state index contributed by atoms with van der Waals surface area (Å²) in [5, 5.41) is 14.2. The minimum atomic E-state index is -0.402. The molecule has 1 atom stereocenters. The Hall–Kier alpha value is -2.93. The average Bonchev–Trinajstić information content (AvgIpc) is 2.70. The van der Waals surface area contributed by atoms with E-state index in [2.05, 4.69) is 26.5 Å². The van der Waals surface area contributed by atoms with Gasteiger partial charge in [0.05, 0.1) is 18.9 Å². The van der Waals surface area contributed by atoms with E-state index in [1.54, 1.807) is 31.4 Å². The molecule has 0 aliphatic heterocycles. The molecule has 0 bridgehead atoms. The maximum atomic E-state index is 12.5. The van der Waals surface area contributed by atoms with Gasteiger partial charge in [-0.25, -0.2) is 5.43 Å². The SMILES string of the molecule is COc1cccc(C2CC(=O)C(/C=N/NC(=O)c3ccc(Br)cc3)=C(O)C2)c1. The van der Waals surface area contributed by atoms with Gasteiger partial charge in [-0.3, -0.25) is 9.59 Å². The average molecular weight is 443 g/mol. The number of hydrazone groups is 1. The van der Waals surface area contributed by atoms with Gasteiger partial charge in [0.25, 0.3) is 5.91 Å². The van der Waals surface area contributed by atoms with Crippen molar-refractivity contribution in [3.05, 3.63) is 75.5 Å². The van der Waals surface area contributed by atoms with Crippen LogP contribution < -0.4 is 10.2 Å². The molecule has 144 valence electrons. The topological polar surface area (TPSA) is 88.0 Å². The molecule has 1 amide bonds. The number of hydrogen-bond acceptors (Lipinski definition) is 5. The fraction of sp³-hybridized carbons (Fsp3) is 0.190. The summed E-state index contributed by atoms with van der Waals surface area (Å²) in [7, 11) is 1.58. The predicted molar refractivity (Wildman–Crippen MR) is 110 cm³/mol. The van der Waals surface area contributed by atoms with E-state index in [9.17, 15) is 14.7 Å². The molecule has 1 aliphatic rings. The first kappa shape index (κ1) is 19.8. The number of nitrogens with zero attached hydrogens (tertiary/aromatic N) is 1. The Morgan fingerprint density at radius 1 is 1.25 bits per heavy atom. The van der Waals surface area contributed by atoms with Crippen molar-refractivity contribution in [2.24, 2.45) is 5.10 Å². The first-order valence-electron chi connectivity index (χ1n) is 8.66. The largest absolute Gasteiger partial charge is 0.511 e. The first-order valence-corrected chi connectivity index (χ1v) is 9.45. The number of methoxy groups -OCH3 is 1. The lowest BCUT2D eigenvalue weighted by molar-refractivity contribution is -0.116. The van der Waals surface area contributed by atoms with Gasteiger partial charge in [0.2, 0.25) is 0 Å². The summed E-state index contributed by atoms with van der Waals surface area (Å²) in [5.41, 5.74) is 3.85. The van der Waals surface area contributed by atoms with E-state index in [4.69, 9.17) is 4.74 Å². The van der Waals surface area contributed by atoms with Crippen LogP contribution in [-0.2, 0) is 4.79 Å². The van der Waals surface area contributed by atoms with Crippen LogP contribution in [0.4, 0.5) is 0 Å². The minimum Gasteiger partial charge on any atom is -0.511 e. The fourth-order valence-corrected chi connectivity index (χ4v) is 3.27. The van der Waals surface area contributed by atoms with Crippen LogP contribution in [0.3, 0.4) is 0 Å². The summed E-state index contributed by atoms with van der Waals surface area (Å²) in [4.78, 5) is 24.5. The van der Waals surface area contributed by atoms with Crippen LogP contribution in [0.15, 0.2) is 69.4 Å². The van der Waals surface area contributed by atoms with E-state index in [1.807, 2.05) is 24.3 Å². The van der Waals surface area contributed by atoms with E-state index in [-0.39, 0.29) is 29.5 Å². The summed E-state index contributed by atoms with van der Waals surface area (Å²) in [6, 6.07) is 14.2. The highest BCUT2D eigenvalue weighted by Crippen LogP contribution is 2.34. The summed E-state index contributed by atoms with van der Waals surface area (Å²) in [6.07, 6.45) is 1.77. The quantitative estimate of drug-likeness (QED) is 0.537. The molecule has 2 N–H and O–H groups in total. The molecule has 0 radical (unpaired) electrons. The number of ether oxygens (including phenoxy) is 1. The van der Waals surface area contributed by atoms with Crippen LogP contribution in [0.5, 0.6) is 5.75 Å². The van der Waals surface area contributed by atoms with Crippen LogP contribution >= 0.6 is 15.9 Å². The predicted octanol–water partition coefficient (Wildman–Crippen LogP) is 4.13. The monoisotopic (exact) mass is 442 g/mol. The normalized spacial score (nSPS) is 17.1. The zero-order chi connectivity index (χ0) is 20.1. The Balaban J connectivity index is 1.68. The number of allylic oxidation sites excluding steroid dienone is 2. The lowest BCUT2D eigenvalue weighted by Gasteiger charge is -2.22. The van der Waals surface area contributed by atoms with Crippen LogP contribution in [0.25, 0.3) is 0 Å². The van der Waals surface area contributed by atoms with E-state index in [0.29, 0.717) is 17.7 Å². The van der Waals surface area contributed by atoms with Gasteiger partial charge >= 0.3 is 0 Å². The molecule has 7 heteroatoms. The third-order valence-electron chi connectivity index (χ3n) is 4.51. The molecule has 0 fully saturated rings. The molecule has 0 heterocycles. The Kier molecular flexibility index (Phi) is 6.26. The van der Waals surface area contributed by atoms with Crippen LogP contribution in [0.1, 0.15) is 34.7 Å². The Morgan fingerprint density at radius 3 is 2.68 bits per heavy atom. The maximum Gasteiger partial charge on any atom is 0.271 e. The van der Waals surface area contributed by atoms with E-state index < -0.39 is 5.91 Å². The molecule has 3 rings (SSSR count). The molecule has 2 aromatic rings. The van der Waals surface area contributed by atoms with Crippen molar-refractivity contribution >= 4 is 33.8 Å². The molecule has 0 saturated heterocycles. The standard InChI is InChI=1S/C21H19BrN2O4/c1-28-17-4-2-3-14(9-17)15-10-19(25)18(20(26)11-15)12-23-24-21(27)13-5-7-16(22)8-6-13/h2-9,12,15,25H,10-11H2,1H3,(H,24,27)/b23-12+. The third-order valence-corrected chi connectivity index (χ3v) is 5.04. The number of Topliss-reactive ketones (excluding diaryl/α,β-unsaturated/α-hetero) is 1. The molecular weight excluding hydrogens is 424 g/mol. The van der Waals surface area contributed by atoms with E-state index in [0.717, 1.165) is 10.0 Å². The second kappa shape index (κ2) is 8.84. The lowest BCUT2D eigenvalue weighted by Crippen LogP contribution is -2.22. The van der Waals surface area contributed by atoms with E-state index >= 15 is 0 Å². The molecule has 6 nitrogen and oxygen atoms in total. The smallest absolute Gasteiger partial charge is 0.271 e. The summed E-state index contributed by atoms with van der Waals surface area (Å²) < 4.78 is 6.08. The van der Waals surface area contributed by atoms with Crippen molar-refractivity contribution in [2.75, 3.05) is 7.11 Å². The van der Waals surface area contributed by atoms with Crippen molar-refractivity contribution in [3.63, 3.8) is 0 Å². The molecule has 0 spiro atoms.